The lowest BCUT2D eigenvalue weighted by Crippen LogP contribution is -2.25. The molecule has 0 spiro atoms. The summed E-state index contributed by atoms with van der Waals surface area (Å²) in [5.41, 5.74) is 0.789. The van der Waals surface area contributed by atoms with Crippen LogP contribution in [0.2, 0.25) is 5.02 Å². The summed E-state index contributed by atoms with van der Waals surface area (Å²) in [6.07, 6.45) is 2.95. The summed E-state index contributed by atoms with van der Waals surface area (Å²) in [6, 6.07) is 7.44. The number of aromatic nitrogens is 3. The molecular weight excluding hydrogens is 250 g/mol. The maximum absolute atomic E-state index is 10.0. The van der Waals surface area contributed by atoms with Crippen LogP contribution in [0.4, 0.5) is 0 Å². The average Bonchev–Trinajstić information content (AvgIpc) is 2.77. The molecule has 1 unspecified atom stereocenters. The Morgan fingerprint density at radius 3 is 2.78 bits per heavy atom. The Morgan fingerprint density at radius 1 is 1.39 bits per heavy atom. The summed E-state index contributed by atoms with van der Waals surface area (Å²) in [7, 11) is 0. The van der Waals surface area contributed by atoms with Crippen molar-refractivity contribution in [2.24, 2.45) is 0 Å². The number of hydrogen-bond acceptors (Lipinski definition) is 3. The molecule has 0 amide bonds. The maximum Gasteiger partial charge on any atom is 0.0860 e. The van der Waals surface area contributed by atoms with Gasteiger partial charge in [0.05, 0.1) is 28.2 Å². The molecule has 1 aromatic heterocycles. The van der Waals surface area contributed by atoms with Crippen molar-refractivity contribution >= 4 is 11.6 Å². The Balaban J connectivity index is 2.24. The number of para-hydroxylation sites is 1. The highest BCUT2D eigenvalue weighted by atomic mass is 35.5. The molecule has 0 aliphatic heterocycles. The van der Waals surface area contributed by atoms with Gasteiger partial charge in [-0.25, -0.2) is 4.68 Å². The van der Waals surface area contributed by atoms with Crippen molar-refractivity contribution < 1.29 is 5.11 Å². The number of benzene rings is 1. The normalized spacial score (nSPS) is 14.4. The fourth-order valence-electron chi connectivity index (χ4n) is 1.65. The van der Waals surface area contributed by atoms with Crippen molar-refractivity contribution in [1.82, 2.24) is 15.0 Å². The van der Waals surface area contributed by atoms with E-state index in [1.54, 1.807) is 23.9 Å². The monoisotopic (exact) mass is 265 g/mol. The Hall–Kier alpha value is -1.39. The fraction of sp³-hybridized carbons (Fsp3) is 0.385. The maximum atomic E-state index is 10.0. The molecule has 1 atom stereocenters. The Labute approximate surface area is 111 Å². The predicted molar refractivity (Wildman–Crippen MR) is 71.0 cm³/mol. The lowest BCUT2D eigenvalue weighted by molar-refractivity contribution is 0.0554. The van der Waals surface area contributed by atoms with Crippen LogP contribution in [0.1, 0.15) is 26.0 Å². The molecule has 0 fully saturated rings. The summed E-state index contributed by atoms with van der Waals surface area (Å²) >= 11 is 6.09. The molecule has 1 aromatic carbocycles. The topological polar surface area (TPSA) is 50.9 Å². The van der Waals surface area contributed by atoms with E-state index in [-0.39, 0.29) is 0 Å². The number of hydrogen-bond donors (Lipinski definition) is 1. The Morgan fingerprint density at radius 2 is 2.11 bits per heavy atom. The van der Waals surface area contributed by atoms with Gasteiger partial charge >= 0.3 is 0 Å². The first-order chi connectivity index (χ1) is 8.52. The molecule has 4 nitrogen and oxygen atoms in total. The fourth-order valence-corrected chi connectivity index (χ4v) is 1.87. The second-order valence-corrected chi connectivity index (χ2v) is 5.04. The zero-order valence-corrected chi connectivity index (χ0v) is 11.2. The molecule has 2 rings (SSSR count). The molecule has 2 aromatic rings. The Kier molecular flexibility index (Phi) is 3.68. The van der Waals surface area contributed by atoms with Crippen molar-refractivity contribution in [2.75, 3.05) is 0 Å². The zero-order valence-electron chi connectivity index (χ0n) is 10.5. The van der Waals surface area contributed by atoms with Gasteiger partial charge in [0.2, 0.25) is 0 Å². The van der Waals surface area contributed by atoms with Gasteiger partial charge in [0, 0.05) is 6.42 Å². The molecule has 0 radical (unpaired) electrons. The molecule has 1 N–H and O–H groups in total. The van der Waals surface area contributed by atoms with Crippen LogP contribution in [0.3, 0.4) is 0 Å². The molecule has 96 valence electrons. The summed E-state index contributed by atoms with van der Waals surface area (Å²) in [5, 5.41) is 18.7. The molecule has 1 heterocycles. The summed E-state index contributed by atoms with van der Waals surface area (Å²) < 4.78 is 1.63. The minimum atomic E-state index is -0.749. The SMILES string of the molecule is CCC(C)(O)Cc1cn(-c2ccccc2Cl)nn1. The van der Waals surface area contributed by atoms with Crippen molar-refractivity contribution in [3.05, 3.63) is 41.2 Å². The van der Waals surface area contributed by atoms with Crippen molar-refractivity contribution in [1.29, 1.82) is 0 Å². The molecule has 5 heteroatoms. The van der Waals surface area contributed by atoms with E-state index in [2.05, 4.69) is 10.3 Å². The molecule has 18 heavy (non-hydrogen) atoms. The van der Waals surface area contributed by atoms with Crippen molar-refractivity contribution in [3.8, 4) is 5.69 Å². The van der Waals surface area contributed by atoms with E-state index >= 15 is 0 Å². The van der Waals surface area contributed by atoms with Gasteiger partial charge in [-0.2, -0.15) is 0 Å². The van der Waals surface area contributed by atoms with Crippen LogP contribution < -0.4 is 0 Å². The predicted octanol–water partition coefficient (Wildman–Crippen LogP) is 2.62. The minimum Gasteiger partial charge on any atom is -0.390 e. The molecule has 0 saturated heterocycles. The van der Waals surface area contributed by atoms with E-state index in [4.69, 9.17) is 11.6 Å². The number of rotatable bonds is 4. The smallest absolute Gasteiger partial charge is 0.0860 e. The first-order valence-electron chi connectivity index (χ1n) is 5.90. The van der Waals surface area contributed by atoms with Crippen LogP contribution in [0.25, 0.3) is 5.69 Å². The van der Waals surface area contributed by atoms with Crippen LogP contribution in [-0.2, 0) is 6.42 Å². The van der Waals surface area contributed by atoms with Crippen LogP contribution in [0.15, 0.2) is 30.5 Å². The number of halogens is 1. The first kappa shape index (κ1) is 13.1. The van der Waals surface area contributed by atoms with Gasteiger partial charge in [-0.3, -0.25) is 0 Å². The first-order valence-corrected chi connectivity index (χ1v) is 6.28. The van der Waals surface area contributed by atoms with E-state index in [1.807, 2.05) is 25.1 Å². The van der Waals surface area contributed by atoms with E-state index < -0.39 is 5.60 Å². The molecule has 0 saturated carbocycles. The second kappa shape index (κ2) is 5.08. The highest BCUT2D eigenvalue weighted by Gasteiger charge is 2.20. The van der Waals surface area contributed by atoms with Crippen LogP contribution in [0.5, 0.6) is 0 Å². The third-order valence-corrected chi connectivity index (χ3v) is 3.28. The van der Waals surface area contributed by atoms with E-state index in [0.29, 0.717) is 17.9 Å². The number of aliphatic hydroxyl groups is 1. The van der Waals surface area contributed by atoms with Gasteiger partial charge in [-0.05, 0) is 25.5 Å². The van der Waals surface area contributed by atoms with Gasteiger partial charge < -0.3 is 5.11 Å². The van der Waals surface area contributed by atoms with Gasteiger partial charge in [0.25, 0.3) is 0 Å². The lowest BCUT2D eigenvalue weighted by atomic mass is 9.98. The zero-order chi connectivity index (χ0) is 13.2. The van der Waals surface area contributed by atoms with Crippen molar-refractivity contribution in [3.63, 3.8) is 0 Å². The van der Waals surface area contributed by atoms with E-state index in [0.717, 1.165) is 11.4 Å². The van der Waals surface area contributed by atoms with Crippen molar-refractivity contribution in [2.45, 2.75) is 32.3 Å². The van der Waals surface area contributed by atoms with E-state index in [9.17, 15) is 5.11 Å². The Bertz CT molecular complexity index is 537. The summed E-state index contributed by atoms with van der Waals surface area (Å²) in [5.74, 6) is 0. The highest BCUT2D eigenvalue weighted by Crippen LogP contribution is 2.20. The van der Waals surface area contributed by atoms with Gasteiger partial charge in [-0.15, -0.1) is 5.10 Å². The summed E-state index contributed by atoms with van der Waals surface area (Å²) in [6.45, 7) is 3.74. The quantitative estimate of drug-likeness (QED) is 0.925. The lowest BCUT2D eigenvalue weighted by Gasteiger charge is -2.18. The van der Waals surface area contributed by atoms with Gasteiger partial charge in [0.1, 0.15) is 0 Å². The molecular formula is C13H16ClN3O. The van der Waals surface area contributed by atoms with Gasteiger partial charge in [0.15, 0.2) is 0 Å². The highest BCUT2D eigenvalue weighted by molar-refractivity contribution is 6.32. The van der Waals surface area contributed by atoms with Crippen LogP contribution in [0, 0.1) is 0 Å². The third kappa shape index (κ3) is 2.89. The van der Waals surface area contributed by atoms with Crippen LogP contribution >= 0.6 is 11.6 Å². The summed E-state index contributed by atoms with van der Waals surface area (Å²) in [4.78, 5) is 0. The minimum absolute atomic E-state index is 0.480. The van der Waals surface area contributed by atoms with Gasteiger partial charge in [-0.1, -0.05) is 35.9 Å². The molecule has 0 aliphatic carbocycles. The third-order valence-electron chi connectivity index (χ3n) is 2.96. The average molecular weight is 266 g/mol. The standard InChI is InChI=1S/C13H16ClN3O/c1-3-13(2,18)8-10-9-17(16-15-10)12-7-5-4-6-11(12)14/h4-7,9,18H,3,8H2,1-2H3. The molecule has 0 aliphatic rings. The number of nitrogens with zero attached hydrogens (tertiary/aromatic N) is 3. The van der Waals surface area contributed by atoms with E-state index in [1.165, 1.54) is 0 Å². The van der Waals surface area contributed by atoms with Crippen LogP contribution in [-0.4, -0.2) is 25.7 Å². The second-order valence-electron chi connectivity index (χ2n) is 4.63. The largest absolute Gasteiger partial charge is 0.390 e. The molecule has 0 bridgehead atoms.